The Morgan fingerprint density at radius 3 is 2.58 bits per heavy atom. The van der Waals surface area contributed by atoms with E-state index in [1.165, 1.54) is 0 Å². The van der Waals surface area contributed by atoms with Crippen LogP contribution in [-0.2, 0) is 6.42 Å². The van der Waals surface area contributed by atoms with Crippen LogP contribution >= 0.6 is 23.2 Å². The van der Waals surface area contributed by atoms with Gasteiger partial charge in [-0.3, -0.25) is 4.79 Å². The molecule has 5 rings (SSSR count). The van der Waals surface area contributed by atoms with E-state index < -0.39 is 0 Å². The van der Waals surface area contributed by atoms with Gasteiger partial charge in [0.15, 0.2) is 5.96 Å². The van der Waals surface area contributed by atoms with E-state index >= 15 is 0 Å². The van der Waals surface area contributed by atoms with E-state index in [-0.39, 0.29) is 17.6 Å². The summed E-state index contributed by atoms with van der Waals surface area (Å²) in [6.07, 6.45) is 4.42. The Morgan fingerprint density at radius 2 is 1.84 bits per heavy atom. The van der Waals surface area contributed by atoms with Crippen LogP contribution in [0.1, 0.15) is 28.7 Å². The first-order valence-corrected chi connectivity index (χ1v) is 10.6. The Labute approximate surface area is 189 Å². The summed E-state index contributed by atoms with van der Waals surface area (Å²) < 4.78 is 0. The van der Waals surface area contributed by atoms with E-state index in [1.54, 1.807) is 18.2 Å². The van der Waals surface area contributed by atoms with E-state index in [0.717, 1.165) is 5.56 Å². The number of anilines is 1. The maximum atomic E-state index is 13.1. The summed E-state index contributed by atoms with van der Waals surface area (Å²) in [7, 11) is 1.89. The minimum absolute atomic E-state index is 0.144. The predicted molar refractivity (Wildman–Crippen MR) is 125 cm³/mol. The van der Waals surface area contributed by atoms with Crippen LogP contribution in [-0.4, -0.2) is 33.9 Å². The molecule has 0 spiro atoms. The van der Waals surface area contributed by atoms with Crippen molar-refractivity contribution in [1.29, 1.82) is 0 Å². The molecule has 1 aliphatic heterocycles. The molecule has 1 aromatic heterocycles. The molecule has 2 aliphatic rings. The maximum Gasteiger partial charge on any atom is 0.256 e. The van der Waals surface area contributed by atoms with E-state index in [2.05, 4.69) is 10.3 Å². The van der Waals surface area contributed by atoms with Crippen LogP contribution < -0.4 is 10.9 Å². The van der Waals surface area contributed by atoms with E-state index in [0.29, 0.717) is 45.2 Å². The van der Waals surface area contributed by atoms with Crippen LogP contribution in [0.2, 0.25) is 10.0 Å². The molecular formula is C23H19Cl2N5O. The minimum Gasteiger partial charge on any atom is -0.336 e. The lowest BCUT2D eigenvalue weighted by atomic mass is 9.93. The third-order valence-corrected chi connectivity index (χ3v) is 6.17. The molecule has 1 aliphatic carbocycles. The van der Waals surface area contributed by atoms with Gasteiger partial charge in [0.05, 0.1) is 39.1 Å². The highest BCUT2D eigenvalue weighted by Crippen LogP contribution is 2.37. The molecule has 2 heterocycles. The summed E-state index contributed by atoms with van der Waals surface area (Å²) in [5, 5.41) is 4.22. The zero-order chi connectivity index (χ0) is 21.5. The quantitative estimate of drug-likeness (QED) is 0.613. The number of nitrogens with zero attached hydrogens (tertiary/aromatic N) is 3. The number of aromatic nitrogens is 2. The zero-order valence-electron chi connectivity index (χ0n) is 16.6. The van der Waals surface area contributed by atoms with E-state index in [4.69, 9.17) is 33.2 Å². The first-order chi connectivity index (χ1) is 15.0. The van der Waals surface area contributed by atoms with Gasteiger partial charge in [0.2, 0.25) is 0 Å². The number of para-hydroxylation sites is 1. The van der Waals surface area contributed by atoms with Crippen LogP contribution in [0.5, 0.6) is 0 Å². The van der Waals surface area contributed by atoms with E-state index in [1.807, 2.05) is 54.4 Å². The van der Waals surface area contributed by atoms with Crippen molar-refractivity contribution in [3.05, 3.63) is 97.7 Å². The van der Waals surface area contributed by atoms with Gasteiger partial charge in [0.1, 0.15) is 5.82 Å². The third kappa shape index (κ3) is 3.62. The summed E-state index contributed by atoms with van der Waals surface area (Å²) in [5.74, 6) is 1.23. The fourth-order valence-electron chi connectivity index (χ4n) is 4.05. The number of halogens is 2. The molecule has 0 saturated heterocycles. The van der Waals surface area contributed by atoms with Gasteiger partial charge in [-0.1, -0.05) is 65.7 Å². The zero-order valence-corrected chi connectivity index (χ0v) is 18.2. The summed E-state index contributed by atoms with van der Waals surface area (Å²) >= 11 is 12.6. The second-order valence-corrected chi connectivity index (χ2v) is 8.37. The highest BCUT2D eigenvalue weighted by Gasteiger charge is 2.39. The number of nitrogens with one attached hydrogen (secondary N) is 2. The topological polar surface area (TPSA) is 73.4 Å². The molecule has 8 heteroatoms. The fourth-order valence-corrected chi connectivity index (χ4v) is 4.54. The maximum absolute atomic E-state index is 13.1. The smallest absolute Gasteiger partial charge is 0.256 e. The van der Waals surface area contributed by atoms with Gasteiger partial charge in [-0.05, 0) is 23.8 Å². The lowest BCUT2D eigenvalue weighted by molar-refractivity contribution is 0.378. The number of guanidine groups is 1. The molecule has 0 fully saturated rings. The molecule has 3 aromatic rings. The molecule has 0 amide bonds. The number of benzene rings is 2. The molecule has 31 heavy (non-hydrogen) atoms. The average molecular weight is 452 g/mol. The Balaban J connectivity index is 1.45. The number of aromatic amines is 1. The van der Waals surface area contributed by atoms with Crippen LogP contribution in [0, 0.1) is 0 Å². The molecular weight excluding hydrogens is 433 g/mol. The molecule has 2 unspecified atom stereocenters. The fraction of sp³-hybridized carbons (Fsp3) is 0.174. The Hall–Kier alpha value is -3.09. The van der Waals surface area contributed by atoms with Crippen LogP contribution in [0.4, 0.5) is 5.69 Å². The predicted octanol–water partition coefficient (Wildman–Crippen LogP) is 4.52. The third-order valence-electron chi connectivity index (χ3n) is 5.54. The van der Waals surface area contributed by atoms with Crippen molar-refractivity contribution in [3.63, 3.8) is 0 Å². The van der Waals surface area contributed by atoms with E-state index in [9.17, 15) is 4.79 Å². The van der Waals surface area contributed by atoms with Crippen molar-refractivity contribution in [3.8, 4) is 0 Å². The Kier molecular flexibility index (Phi) is 5.04. The first kappa shape index (κ1) is 19.8. The lowest BCUT2D eigenvalue weighted by Crippen LogP contribution is -2.38. The van der Waals surface area contributed by atoms with Crippen molar-refractivity contribution in [2.24, 2.45) is 4.99 Å². The van der Waals surface area contributed by atoms with Gasteiger partial charge in [0.25, 0.3) is 5.56 Å². The summed E-state index contributed by atoms with van der Waals surface area (Å²) in [6, 6.07) is 14.8. The largest absolute Gasteiger partial charge is 0.336 e. The molecule has 6 nitrogen and oxygen atoms in total. The normalized spacial score (nSPS) is 19.1. The van der Waals surface area contributed by atoms with Crippen LogP contribution in [0.25, 0.3) is 6.08 Å². The van der Waals surface area contributed by atoms with Gasteiger partial charge < -0.3 is 15.2 Å². The first-order valence-electron chi connectivity index (χ1n) is 9.88. The highest BCUT2D eigenvalue weighted by molar-refractivity contribution is 6.39. The van der Waals surface area contributed by atoms with Gasteiger partial charge >= 0.3 is 0 Å². The molecule has 2 aromatic carbocycles. The second kappa shape index (κ2) is 7.87. The van der Waals surface area contributed by atoms with Crippen LogP contribution in [0.15, 0.2) is 64.4 Å². The number of hydrogen-bond acceptors (Lipinski definition) is 5. The van der Waals surface area contributed by atoms with Crippen molar-refractivity contribution >= 4 is 40.9 Å². The summed E-state index contributed by atoms with van der Waals surface area (Å²) in [6.45, 7) is 0. The van der Waals surface area contributed by atoms with Crippen molar-refractivity contribution in [2.45, 2.75) is 18.5 Å². The van der Waals surface area contributed by atoms with Crippen molar-refractivity contribution < 1.29 is 0 Å². The van der Waals surface area contributed by atoms with Gasteiger partial charge in [-0.2, -0.15) is 0 Å². The average Bonchev–Trinajstić information content (AvgIpc) is 3.07. The molecule has 0 saturated carbocycles. The number of rotatable bonds is 3. The standard InChI is InChI=1S/C23H19Cl2N5O/c1-30-21-17(27-23(30)29-20-14(24)8-5-9-15(20)25)11-10-16-19(21)22(31)28-18(26-16)12-13-6-3-2-4-7-13/h2-11,17,21H,12H2,1H3,(H,27,29)(H,26,28,31). The monoisotopic (exact) mass is 451 g/mol. The lowest BCUT2D eigenvalue weighted by Gasteiger charge is -2.28. The molecule has 0 bridgehead atoms. The van der Waals surface area contributed by atoms with Gasteiger partial charge in [-0.25, -0.2) is 9.98 Å². The summed E-state index contributed by atoms with van der Waals surface area (Å²) in [5.41, 5.74) is 2.82. The number of aliphatic imine (C=N–C) groups is 1. The Morgan fingerprint density at radius 1 is 1.10 bits per heavy atom. The van der Waals surface area contributed by atoms with Gasteiger partial charge in [0, 0.05) is 13.5 Å². The van der Waals surface area contributed by atoms with Crippen LogP contribution in [0.3, 0.4) is 0 Å². The van der Waals surface area contributed by atoms with Gasteiger partial charge in [-0.15, -0.1) is 0 Å². The second-order valence-electron chi connectivity index (χ2n) is 7.55. The number of fused-ring (bicyclic) bond motifs is 3. The number of hydrogen-bond donors (Lipinski definition) is 2. The minimum atomic E-state index is -0.259. The van der Waals surface area contributed by atoms with Crippen molar-refractivity contribution in [1.82, 2.24) is 14.9 Å². The van der Waals surface area contributed by atoms with Crippen molar-refractivity contribution in [2.75, 3.05) is 12.4 Å². The molecule has 2 atom stereocenters. The molecule has 0 radical (unpaired) electrons. The molecule has 2 N–H and O–H groups in total. The molecule has 156 valence electrons. The number of likely N-dealkylation sites (N-methyl/N-ethyl adjacent to an activating group) is 1. The highest BCUT2D eigenvalue weighted by atomic mass is 35.5. The summed E-state index contributed by atoms with van der Waals surface area (Å²) in [4.78, 5) is 27.4. The Bertz CT molecular complexity index is 1250. The SMILES string of the molecule is CN1C(Nc2c(Cl)cccc2Cl)=NC2C=Cc3nc(Cc4ccccc4)[nH]c(=O)c3C21. The number of H-pyrrole nitrogens is 1.